The van der Waals surface area contributed by atoms with Gasteiger partial charge in [0.05, 0.1) is 12.3 Å². The van der Waals surface area contributed by atoms with Gasteiger partial charge in [0.2, 0.25) is 5.91 Å². The van der Waals surface area contributed by atoms with E-state index in [1.54, 1.807) is 11.8 Å². The standard InChI is InChI=1S/C11H11BrN2OS2/c12-8-2-1-3-9(6-8)14-10(15)7-17-11-13-4-5-16-11/h1-3,6H,4-5,7H2,(H,14,15). The molecule has 90 valence electrons. The molecule has 1 aliphatic rings. The summed E-state index contributed by atoms with van der Waals surface area (Å²) in [6.07, 6.45) is 0. The van der Waals surface area contributed by atoms with E-state index < -0.39 is 0 Å². The molecule has 0 fully saturated rings. The second-order valence-electron chi connectivity index (χ2n) is 3.34. The predicted octanol–water partition coefficient (Wildman–Crippen LogP) is 3.22. The zero-order chi connectivity index (χ0) is 12.1. The van der Waals surface area contributed by atoms with Crippen molar-refractivity contribution in [3.05, 3.63) is 28.7 Å². The van der Waals surface area contributed by atoms with Crippen molar-refractivity contribution in [1.29, 1.82) is 0 Å². The van der Waals surface area contributed by atoms with Crippen LogP contribution in [0.1, 0.15) is 0 Å². The molecule has 0 spiro atoms. The fourth-order valence-electron chi connectivity index (χ4n) is 1.29. The lowest BCUT2D eigenvalue weighted by atomic mass is 10.3. The van der Waals surface area contributed by atoms with E-state index in [1.807, 2.05) is 24.3 Å². The predicted molar refractivity (Wildman–Crippen MR) is 80.0 cm³/mol. The molecule has 0 aromatic heterocycles. The van der Waals surface area contributed by atoms with Gasteiger partial charge in [0.15, 0.2) is 0 Å². The molecule has 6 heteroatoms. The van der Waals surface area contributed by atoms with Gasteiger partial charge in [0.1, 0.15) is 4.38 Å². The van der Waals surface area contributed by atoms with Crippen LogP contribution in [0, 0.1) is 0 Å². The molecule has 1 aromatic carbocycles. The molecule has 0 radical (unpaired) electrons. The van der Waals surface area contributed by atoms with Crippen LogP contribution >= 0.6 is 39.5 Å². The van der Waals surface area contributed by atoms with E-state index in [2.05, 4.69) is 26.2 Å². The molecule has 17 heavy (non-hydrogen) atoms. The van der Waals surface area contributed by atoms with E-state index in [-0.39, 0.29) is 5.91 Å². The van der Waals surface area contributed by atoms with E-state index in [0.717, 1.165) is 26.8 Å². The largest absolute Gasteiger partial charge is 0.325 e. The molecule has 1 aliphatic heterocycles. The highest BCUT2D eigenvalue weighted by atomic mass is 79.9. The van der Waals surface area contributed by atoms with Crippen LogP contribution in [-0.4, -0.2) is 28.3 Å². The van der Waals surface area contributed by atoms with Crippen LogP contribution < -0.4 is 5.32 Å². The topological polar surface area (TPSA) is 41.5 Å². The molecule has 0 aliphatic carbocycles. The van der Waals surface area contributed by atoms with E-state index >= 15 is 0 Å². The Bertz CT molecular complexity index is 451. The molecule has 2 rings (SSSR count). The van der Waals surface area contributed by atoms with Crippen molar-refractivity contribution in [2.75, 3.05) is 23.4 Å². The summed E-state index contributed by atoms with van der Waals surface area (Å²) in [4.78, 5) is 16.0. The van der Waals surface area contributed by atoms with Gasteiger partial charge in [-0.25, -0.2) is 0 Å². The van der Waals surface area contributed by atoms with Crippen LogP contribution in [0.5, 0.6) is 0 Å². The number of carbonyl (C=O) groups excluding carboxylic acids is 1. The highest BCUT2D eigenvalue weighted by molar-refractivity contribution is 9.10. The number of amides is 1. The van der Waals surface area contributed by atoms with Gasteiger partial charge in [-0.3, -0.25) is 9.79 Å². The summed E-state index contributed by atoms with van der Waals surface area (Å²) >= 11 is 6.59. The van der Waals surface area contributed by atoms with E-state index in [0.29, 0.717) is 5.75 Å². The summed E-state index contributed by atoms with van der Waals surface area (Å²) in [5.41, 5.74) is 0.811. The third kappa shape index (κ3) is 4.37. The van der Waals surface area contributed by atoms with Crippen LogP contribution in [0.25, 0.3) is 0 Å². The lowest BCUT2D eigenvalue weighted by Gasteiger charge is -2.05. The Labute approximate surface area is 117 Å². The van der Waals surface area contributed by atoms with Gasteiger partial charge in [-0.15, -0.1) is 0 Å². The zero-order valence-electron chi connectivity index (χ0n) is 8.98. The van der Waals surface area contributed by atoms with Gasteiger partial charge in [0.25, 0.3) is 0 Å². The first kappa shape index (κ1) is 13.0. The summed E-state index contributed by atoms with van der Waals surface area (Å²) in [7, 11) is 0. The van der Waals surface area contributed by atoms with Gasteiger partial charge >= 0.3 is 0 Å². The first-order valence-corrected chi connectivity index (χ1v) is 7.86. The number of benzene rings is 1. The van der Waals surface area contributed by atoms with Crippen LogP contribution in [-0.2, 0) is 4.79 Å². The van der Waals surface area contributed by atoms with Crippen molar-refractivity contribution in [3.63, 3.8) is 0 Å². The van der Waals surface area contributed by atoms with Gasteiger partial charge < -0.3 is 5.32 Å². The van der Waals surface area contributed by atoms with E-state index in [1.165, 1.54) is 11.8 Å². The van der Waals surface area contributed by atoms with Crippen LogP contribution in [0.3, 0.4) is 0 Å². The smallest absolute Gasteiger partial charge is 0.234 e. The minimum atomic E-state index is 0.00306. The summed E-state index contributed by atoms with van der Waals surface area (Å²) < 4.78 is 1.98. The number of aliphatic imine (C=N–C) groups is 1. The van der Waals surface area contributed by atoms with Crippen molar-refractivity contribution in [3.8, 4) is 0 Å². The molecular weight excluding hydrogens is 320 g/mol. The van der Waals surface area contributed by atoms with Gasteiger partial charge in [-0.05, 0) is 18.2 Å². The van der Waals surface area contributed by atoms with E-state index in [9.17, 15) is 4.79 Å². The Balaban J connectivity index is 1.80. The monoisotopic (exact) mass is 330 g/mol. The highest BCUT2D eigenvalue weighted by Crippen LogP contribution is 2.22. The molecule has 1 N–H and O–H groups in total. The summed E-state index contributed by atoms with van der Waals surface area (Å²) in [6.45, 7) is 0.875. The Morgan fingerprint density at radius 1 is 1.59 bits per heavy atom. The van der Waals surface area contributed by atoms with Crippen molar-refractivity contribution in [1.82, 2.24) is 0 Å². The maximum atomic E-state index is 11.7. The average Bonchev–Trinajstić information content (AvgIpc) is 2.79. The van der Waals surface area contributed by atoms with Crippen molar-refractivity contribution >= 4 is 55.4 Å². The molecule has 1 amide bonds. The minimum Gasteiger partial charge on any atom is -0.325 e. The third-order valence-corrected chi connectivity index (χ3v) is 4.74. The molecule has 1 heterocycles. The SMILES string of the molecule is O=C(CSC1=NCCS1)Nc1cccc(Br)c1. The molecule has 0 atom stereocenters. The Kier molecular flexibility index (Phi) is 4.94. The number of thioether (sulfide) groups is 2. The summed E-state index contributed by atoms with van der Waals surface area (Å²) in [5, 5.41) is 2.85. The highest BCUT2D eigenvalue weighted by Gasteiger charge is 2.10. The van der Waals surface area contributed by atoms with Crippen molar-refractivity contribution < 1.29 is 4.79 Å². The second kappa shape index (κ2) is 6.47. The van der Waals surface area contributed by atoms with Gasteiger partial charge in [-0.2, -0.15) is 0 Å². The number of nitrogens with zero attached hydrogens (tertiary/aromatic N) is 1. The Hall–Kier alpha value is -0.460. The van der Waals surface area contributed by atoms with E-state index in [4.69, 9.17) is 0 Å². The van der Waals surface area contributed by atoms with Crippen LogP contribution in [0.15, 0.2) is 33.7 Å². The average molecular weight is 331 g/mol. The zero-order valence-corrected chi connectivity index (χ0v) is 12.2. The molecular formula is C11H11BrN2OS2. The molecule has 0 unspecified atom stereocenters. The Morgan fingerprint density at radius 2 is 2.47 bits per heavy atom. The lowest BCUT2D eigenvalue weighted by molar-refractivity contribution is -0.113. The number of carbonyl (C=O) groups is 1. The normalized spacial score (nSPS) is 14.5. The molecule has 0 saturated heterocycles. The number of hydrogen-bond acceptors (Lipinski definition) is 4. The lowest BCUT2D eigenvalue weighted by Crippen LogP contribution is -2.14. The number of anilines is 1. The second-order valence-corrected chi connectivity index (χ2v) is 6.57. The summed E-state index contributed by atoms with van der Waals surface area (Å²) in [5.74, 6) is 1.46. The number of hydrogen-bond donors (Lipinski definition) is 1. The Morgan fingerprint density at radius 3 is 3.18 bits per heavy atom. The van der Waals surface area contributed by atoms with Crippen LogP contribution in [0.4, 0.5) is 5.69 Å². The first-order valence-electron chi connectivity index (χ1n) is 5.09. The number of halogens is 1. The number of nitrogens with one attached hydrogen (secondary N) is 1. The van der Waals surface area contributed by atoms with Crippen molar-refractivity contribution in [2.45, 2.75) is 0 Å². The maximum Gasteiger partial charge on any atom is 0.234 e. The summed E-state index contributed by atoms with van der Waals surface area (Å²) in [6, 6.07) is 7.57. The number of rotatable bonds is 3. The minimum absolute atomic E-state index is 0.00306. The molecule has 0 bridgehead atoms. The molecule has 0 saturated carbocycles. The van der Waals surface area contributed by atoms with Crippen LogP contribution in [0.2, 0.25) is 0 Å². The molecule has 1 aromatic rings. The maximum absolute atomic E-state index is 11.7. The fraction of sp³-hybridized carbons (Fsp3) is 0.273. The third-order valence-electron chi connectivity index (χ3n) is 1.99. The van der Waals surface area contributed by atoms with Gasteiger partial charge in [-0.1, -0.05) is 45.5 Å². The first-order chi connectivity index (χ1) is 8.24. The van der Waals surface area contributed by atoms with Crippen molar-refractivity contribution in [2.24, 2.45) is 4.99 Å². The quantitative estimate of drug-likeness (QED) is 0.925. The molecule has 3 nitrogen and oxygen atoms in total. The fourth-order valence-corrected chi connectivity index (χ4v) is 3.50. The van der Waals surface area contributed by atoms with Gasteiger partial charge in [0, 0.05) is 15.9 Å².